The van der Waals surface area contributed by atoms with E-state index in [9.17, 15) is 9.18 Å². The van der Waals surface area contributed by atoms with E-state index in [-0.39, 0.29) is 11.3 Å². The van der Waals surface area contributed by atoms with Crippen LogP contribution in [0.25, 0.3) is 0 Å². The number of benzene rings is 1. The summed E-state index contributed by atoms with van der Waals surface area (Å²) in [6.45, 7) is 0. The number of anilines is 1. The Kier molecular flexibility index (Phi) is 2.45. The molecular formula is C8H5FN2O2. The van der Waals surface area contributed by atoms with Gasteiger partial charge >= 0.3 is 6.09 Å². The molecule has 0 aliphatic rings. The number of carboxylic acid groups (broad SMARTS) is 1. The van der Waals surface area contributed by atoms with Crippen molar-refractivity contribution in [3.05, 3.63) is 29.6 Å². The second-order valence-corrected chi connectivity index (χ2v) is 2.27. The summed E-state index contributed by atoms with van der Waals surface area (Å²) in [6, 6.07) is 4.97. The molecule has 0 atom stereocenters. The van der Waals surface area contributed by atoms with Crippen molar-refractivity contribution in [1.82, 2.24) is 0 Å². The van der Waals surface area contributed by atoms with Gasteiger partial charge in [0.25, 0.3) is 0 Å². The molecule has 1 aromatic rings. The minimum Gasteiger partial charge on any atom is -0.465 e. The van der Waals surface area contributed by atoms with Crippen LogP contribution in [-0.2, 0) is 0 Å². The third kappa shape index (κ3) is 2.45. The molecule has 0 saturated carbocycles. The number of carbonyl (C=O) groups is 1. The standard InChI is InChI=1S/C8H5FN2O2/c9-6-1-5(4-10)2-7(3-6)11-8(12)13/h1-3,11H,(H,12,13). The average Bonchev–Trinajstić information content (AvgIpc) is 2.01. The fourth-order valence-electron chi connectivity index (χ4n) is 0.850. The van der Waals surface area contributed by atoms with E-state index in [0.29, 0.717) is 0 Å². The molecule has 0 saturated heterocycles. The van der Waals surface area contributed by atoms with Crippen molar-refractivity contribution < 1.29 is 14.3 Å². The largest absolute Gasteiger partial charge is 0.465 e. The van der Waals surface area contributed by atoms with Crippen molar-refractivity contribution in [3.8, 4) is 6.07 Å². The van der Waals surface area contributed by atoms with Crippen LogP contribution >= 0.6 is 0 Å². The van der Waals surface area contributed by atoms with Gasteiger partial charge in [-0.15, -0.1) is 0 Å². The molecule has 1 aromatic carbocycles. The number of nitriles is 1. The first-order chi connectivity index (χ1) is 6.11. The molecule has 0 unspecified atom stereocenters. The van der Waals surface area contributed by atoms with Gasteiger partial charge in [0.05, 0.1) is 11.6 Å². The van der Waals surface area contributed by atoms with E-state index < -0.39 is 11.9 Å². The van der Waals surface area contributed by atoms with Crippen molar-refractivity contribution in [3.63, 3.8) is 0 Å². The highest BCUT2D eigenvalue weighted by Crippen LogP contribution is 2.12. The third-order valence-electron chi connectivity index (χ3n) is 1.28. The molecule has 13 heavy (non-hydrogen) atoms. The minimum atomic E-state index is -1.30. The Morgan fingerprint density at radius 3 is 2.77 bits per heavy atom. The van der Waals surface area contributed by atoms with Crippen LogP contribution in [0.1, 0.15) is 5.56 Å². The number of amides is 1. The quantitative estimate of drug-likeness (QED) is 0.691. The van der Waals surface area contributed by atoms with Gasteiger partial charge in [-0.3, -0.25) is 5.32 Å². The summed E-state index contributed by atoms with van der Waals surface area (Å²) in [5, 5.41) is 18.7. The van der Waals surface area contributed by atoms with E-state index in [4.69, 9.17) is 10.4 Å². The lowest BCUT2D eigenvalue weighted by atomic mass is 10.2. The van der Waals surface area contributed by atoms with E-state index in [0.717, 1.165) is 12.1 Å². The summed E-state index contributed by atoms with van der Waals surface area (Å²) in [5.41, 5.74) is 0.118. The van der Waals surface area contributed by atoms with Crippen LogP contribution in [0.3, 0.4) is 0 Å². The summed E-state index contributed by atoms with van der Waals surface area (Å²) < 4.78 is 12.7. The molecule has 0 aliphatic heterocycles. The lowest BCUT2D eigenvalue weighted by Gasteiger charge is -2.00. The van der Waals surface area contributed by atoms with Crippen LogP contribution in [-0.4, -0.2) is 11.2 Å². The Bertz CT molecular complexity index is 384. The normalized spacial score (nSPS) is 8.92. The summed E-state index contributed by atoms with van der Waals surface area (Å²) in [7, 11) is 0. The van der Waals surface area contributed by atoms with Crippen LogP contribution in [0.15, 0.2) is 18.2 Å². The summed E-state index contributed by atoms with van der Waals surface area (Å²) in [4.78, 5) is 10.2. The molecule has 0 fully saturated rings. The zero-order chi connectivity index (χ0) is 9.84. The summed E-state index contributed by atoms with van der Waals surface area (Å²) in [6.07, 6.45) is -1.30. The Morgan fingerprint density at radius 2 is 2.23 bits per heavy atom. The monoisotopic (exact) mass is 180 g/mol. The predicted molar refractivity (Wildman–Crippen MR) is 42.8 cm³/mol. The number of nitrogens with zero attached hydrogens (tertiary/aromatic N) is 1. The van der Waals surface area contributed by atoms with E-state index in [2.05, 4.69) is 0 Å². The molecule has 1 rings (SSSR count). The Labute approximate surface area is 73.2 Å². The zero-order valence-electron chi connectivity index (χ0n) is 6.41. The van der Waals surface area contributed by atoms with Gasteiger partial charge < -0.3 is 5.11 Å². The average molecular weight is 180 g/mol. The first kappa shape index (κ1) is 9.00. The summed E-state index contributed by atoms with van der Waals surface area (Å²) >= 11 is 0. The molecular weight excluding hydrogens is 175 g/mol. The minimum absolute atomic E-state index is 0.0454. The van der Waals surface area contributed by atoms with Crippen LogP contribution < -0.4 is 5.32 Å². The molecule has 0 aromatic heterocycles. The van der Waals surface area contributed by atoms with Crippen LogP contribution in [0.4, 0.5) is 14.9 Å². The van der Waals surface area contributed by atoms with Crippen molar-refractivity contribution in [1.29, 1.82) is 5.26 Å². The number of hydrogen-bond acceptors (Lipinski definition) is 2. The van der Waals surface area contributed by atoms with Gasteiger partial charge in [-0.25, -0.2) is 9.18 Å². The van der Waals surface area contributed by atoms with Crippen molar-refractivity contribution in [2.45, 2.75) is 0 Å². The maximum atomic E-state index is 12.7. The molecule has 5 heteroatoms. The number of halogens is 1. The highest BCUT2D eigenvalue weighted by molar-refractivity contribution is 5.83. The topological polar surface area (TPSA) is 73.1 Å². The van der Waals surface area contributed by atoms with Crippen LogP contribution in [0.5, 0.6) is 0 Å². The summed E-state index contributed by atoms with van der Waals surface area (Å²) in [5.74, 6) is -0.650. The molecule has 0 radical (unpaired) electrons. The predicted octanol–water partition coefficient (Wildman–Crippen LogP) is 1.79. The maximum absolute atomic E-state index is 12.7. The Hall–Kier alpha value is -2.09. The Balaban J connectivity index is 3.03. The first-order valence-electron chi connectivity index (χ1n) is 3.32. The Morgan fingerprint density at radius 1 is 1.54 bits per heavy atom. The van der Waals surface area contributed by atoms with E-state index in [1.165, 1.54) is 6.07 Å². The van der Waals surface area contributed by atoms with Gasteiger partial charge in [0.1, 0.15) is 5.82 Å². The SMILES string of the molecule is N#Cc1cc(F)cc(NC(=O)O)c1. The molecule has 0 bridgehead atoms. The number of nitrogens with one attached hydrogen (secondary N) is 1. The van der Waals surface area contributed by atoms with Gasteiger partial charge in [-0.2, -0.15) is 5.26 Å². The van der Waals surface area contributed by atoms with E-state index >= 15 is 0 Å². The number of hydrogen-bond donors (Lipinski definition) is 2. The van der Waals surface area contributed by atoms with Gasteiger partial charge in [-0.1, -0.05) is 0 Å². The van der Waals surface area contributed by atoms with Gasteiger partial charge in [-0.05, 0) is 18.2 Å². The zero-order valence-corrected chi connectivity index (χ0v) is 6.41. The fourth-order valence-corrected chi connectivity index (χ4v) is 0.850. The lowest BCUT2D eigenvalue weighted by Crippen LogP contribution is -2.07. The lowest BCUT2D eigenvalue weighted by molar-refractivity contribution is 0.210. The molecule has 0 heterocycles. The number of rotatable bonds is 1. The molecule has 2 N–H and O–H groups in total. The maximum Gasteiger partial charge on any atom is 0.409 e. The van der Waals surface area contributed by atoms with Crippen molar-refractivity contribution in [2.75, 3.05) is 5.32 Å². The van der Waals surface area contributed by atoms with E-state index in [1.807, 2.05) is 5.32 Å². The highest BCUT2D eigenvalue weighted by atomic mass is 19.1. The second-order valence-electron chi connectivity index (χ2n) is 2.27. The molecule has 4 nitrogen and oxygen atoms in total. The van der Waals surface area contributed by atoms with Gasteiger partial charge in [0, 0.05) is 5.69 Å². The highest BCUT2D eigenvalue weighted by Gasteiger charge is 2.02. The van der Waals surface area contributed by atoms with E-state index in [1.54, 1.807) is 6.07 Å². The molecule has 1 amide bonds. The smallest absolute Gasteiger partial charge is 0.409 e. The van der Waals surface area contributed by atoms with Crippen molar-refractivity contribution >= 4 is 11.8 Å². The van der Waals surface area contributed by atoms with Gasteiger partial charge in [0.15, 0.2) is 0 Å². The third-order valence-corrected chi connectivity index (χ3v) is 1.28. The first-order valence-corrected chi connectivity index (χ1v) is 3.32. The van der Waals surface area contributed by atoms with Crippen LogP contribution in [0.2, 0.25) is 0 Å². The van der Waals surface area contributed by atoms with Crippen molar-refractivity contribution in [2.24, 2.45) is 0 Å². The molecule has 0 spiro atoms. The second kappa shape index (κ2) is 3.54. The molecule has 66 valence electrons. The molecule has 0 aliphatic carbocycles. The van der Waals surface area contributed by atoms with Crippen LogP contribution in [0, 0.1) is 17.1 Å². The van der Waals surface area contributed by atoms with Gasteiger partial charge in [0.2, 0.25) is 0 Å². The fraction of sp³-hybridized carbons (Fsp3) is 0.